The number of hydrogen-bond donors (Lipinski definition) is 1. The predicted octanol–water partition coefficient (Wildman–Crippen LogP) is 4.73. The van der Waals surface area contributed by atoms with E-state index in [0.717, 1.165) is 34.8 Å². The van der Waals surface area contributed by atoms with Gasteiger partial charge in [-0.15, -0.1) is 0 Å². The van der Waals surface area contributed by atoms with E-state index in [9.17, 15) is 4.79 Å². The maximum Gasteiger partial charge on any atom is 0.346 e. The lowest BCUT2D eigenvalue weighted by atomic mass is 9.94. The van der Waals surface area contributed by atoms with E-state index < -0.39 is 0 Å². The van der Waals surface area contributed by atoms with Crippen LogP contribution in [-0.2, 0) is 4.74 Å². The minimum Gasteiger partial charge on any atom is -0.462 e. The van der Waals surface area contributed by atoms with E-state index in [0.29, 0.717) is 18.2 Å². The van der Waals surface area contributed by atoms with Gasteiger partial charge in [-0.25, -0.2) is 9.78 Å². The third kappa shape index (κ3) is 3.12. The molecule has 1 fully saturated rings. The molecular formula is C22H25N2O2+. The maximum absolute atomic E-state index is 12.5. The molecule has 3 aromatic rings. The van der Waals surface area contributed by atoms with Crippen LogP contribution in [0, 0.1) is 0 Å². The molecule has 2 aromatic carbocycles. The van der Waals surface area contributed by atoms with Gasteiger partial charge >= 0.3 is 5.97 Å². The highest BCUT2D eigenvalue weighted by molar-refractivity contribution is 6.11. The van der Waals surface area contributed by atoms with Crippen molar-refractivity contribution in [3.05, 3.63) is 48.2 Å². The van der Waals surface area contributed by atoms with Gasteiger partial charge in [0.2, 0.25) is 5.52 Å². The molecule has 0 amide bonds. The number of rotatable bonds is 4. The Balaban J connectivity index is 1.88. The molecule has 0 unspecified atom stereocenters. The molecule has 1 aromatic heterocycles. The van der Waals surface area contributed by atoms with Crippen LogP contribution in [0.25, 0.3) is 21.7 Å². The summed E-state index contributed by atoms with van der Waals surface area (Å²) in [6.07, 6.45) is 7.87. The van der Waals surface area contributed by atoms with Gasteiger partial charge in [-0.1, -0.05) is 43.5 Å². The van der Waals surface area contributed by atoms with Crippen LogP contribution in [0.1, 0.15) is 49.4 Å². The summed E-state index contributed by atoms with van der Waals surface area (Å²) < 4.78 is 5.30. The summed E-state index contributed by atoms with van der Waals surface area (Å²) in [5.41, 5.74) is 2.53. The number of carbonyl (C=O) groups is 1. The van der Waals surface area contributed by atoms with E-state index in [1.54, 1.807) is 6.20 Å². The highest BCUT2D eigenvalue weighted by Crippen LogP contribution is 2.32. The third-order valence-corrected chi connectivity index (χ3v) is 5.28. The van der Waals surface area contributed by atoms with Crippen LogP contribution in [0.2, 0.25) is 0 Å². The Bertz CT molecular complexity index is 945. The molecule has 1 aliphatic carbocycles. The van der Waals surface area contributed by atoms with E-state index in [1.165, 1.54) is 24.6 Å². The van der Waals surface area contributed by atoms with Gasteiger partial charge in [-0.3, -0.25) is 0 Å². The third-order valence-electron chi connectivity index (χ3n) is 5.28. The quantitative estimate of drug-likeness (QED) is 0.547. The second-order valence-electron chi connectivity index (χ2n) is 6.99. The number of pyridine rings is 1. The van der Waals surface area contributed by atoms with Crippen LogP contribution in [0.3, 0.4) is 0 Å². The molecule has 4 nitrogen and oxygen atoms in total. The highest BCUT2D eigenvalue weighted by atomic mass is 16.5. The van der Waals surface area contributed by atoms with Gasteiger partial charge in [0.05, 0.1) is 23.1 Å². The lowest BCUT2D eigenvalue weighted by Gasteiger charge is -2.25. The zero-order valence-corrected chi connectivity index (χ0v) is 15.2. The first-order valence-corrected chi connectivity index (χ1v) is 9.57. The number of hydrogen-bond acceptors (Lipinski definition) is 3. The van der Waals surface area contributed by atoms with Crippen LogP contribution in [0.5, 0.6) is 0 Å². The van der Waals surface area contributed by atoms with E-state index in [4.69, 9.17) is 4.74 Å². The standard InChI is InChI=1S/C22H24N2O2/c1-2-26-22(25)19-14-23-20-17-11-7-6-8-15(17)12-13-18(20)21(19)24-16-9-4-3-5-10-16/h6-8,11-14,16H,2-5,9-10H2,1H3,(H,23,24)/p+1. The highest BCUT2D eigenvalue weighted by Gasteiger charge is 2.24. The number of anilines is 1. The SMILES string of the molecule is CCOC(=O)c1c[nH+]c2c(ccc3ccccc32)c1NC1CCCCC1. The van der Waals surface area contributed by atoms with Gasteiger partial charge in [0.25, 0.3) is 0 Å². The Morgan fingerprint density at radius 2 is 1.92 bits per heavy atom. The summed E-state index contributed by atoms with van der Waals surface area (Å²) in [4.78, 5) is 15.9. The summed E-state index contributed by atoms with van der Waals surface area (Å²) in [6, 6.07) is 12.9. The Labute approximate surface area is 153 Å². The lowest BCUT2D eigenvalue weighted by Crippen LogP contribution is -2.25. The Kier molecular flexibility index (Phi) is 4.74. The number of ether oxygens (including phenoxy) is 1. The minimum atomic E-state index is -0.280. The number of fused-ring (bicyclic) bond motifs is 3. The molecule has 1 aliphatic rings. The first-order valence-electron chi connectivity index (χ1n) is 9.57. The molecule has 0 bridgehead atoms. The van der Waals surface area contributed by atoms with Gasteiger partial charge in [0, 0.05) is 6.04 Å². The zero-order chi connectivity index (χ0) is 17.9. The number of carbonyl (C=O) groups excluding carboxylic acids is 1. The van der Waals surface area contributed by atoms with Crippen LogP contribution in [0.4, 0.5) is 5.69 Å². The van der Waals surface area contributed by atoms with Gasteiger partial charge < -0.3 is 10.1 Å². The van der Waals surface area contributed by atoms with E-state index in [1.807, 2.05) is 19.1 Å². The molecule has 0 spiro atoms. The van der Waals surface area contributed by atoms with Crippen molar-refractivity contribution < 1.29 is 14.5 Å². The second kappa shape index (κ2) is 7.32. The van der Waals surface area contributed by atoms with Crippen molar-refractivity contribution in [3.63, 3.8) is 0 Å². The van der Waals surface area contributed by atoms with Gasteiger partial charge in [-0.2, -0.15) is 0 Å². The zero-order valence-electron chi connectivity index (χ0n) is 15.2. The Hall–Kier alpha value is -2.62. The van der Waals surface area contributed by atoms with Crippen molar-refractivity contribution in [2.45, 2.75) is 45.1 Å². The second-order valence-corrected chi connectivity index (χ2v) is 6.99. The number of benzene rings is 2. The molecule has 0 aliphatic heterocycles. The van der Waals surface area contributed by atoms with E-state index >= 15 is 0 Å². The fourth-order valence-electron chi connectivity index (χ4n) is 3.97. The van der Waals surface area contributed by atoms with E-state index in [-0.39, 0.29) is 5.97 Å². The Morgan fingerprint density at radius 3 is 2.73 bits per heavy atom. The molecule has 0 saturated heterocycles. The molecule has 4 rings (SSSR count). The van der Waals surface area contributed by atoms with Crippen molar-refractivity contribution in [2.24, 2.45) is 0 Å². The van der Waals surface area contributed by atoms with Crippen molar-refractivity contribution in [2.75, 3.05) is 11.9 Å². The molecular weight excluding hydrogens is 324 g/mol. The first-order chi connectivity index (χ1) is 12.8. The number of esters is 1. The molecule has 2 N–H and O–H groups in total. The summed E-state index contributed by atoms with van der Waals surface area (Å²) in [6.45, 7) is 2.21. The van der Waals surface area contributed by atoms with Crippen LogP contribution in [-0.4, -0.2) is 18.6 Å². The van der Waals surface area contributed by atoms with Crippen LogP contribution < -0.4 is 10.3 Å². The maximum atomic E-state index is 12.5. The van der Waals surface area contributed by atoms with E-state index in [2.05, 4.69) is 34.6 Å². The number of H-pyrrole nitrogens is 1. The van der Waals surface area contributed by atoms with Gasteiger partial charge in [-0.05, 0) is 37.3 Å². The summed E-state index contributed by atoms with van der Waals surface area (Å²) in [5, 5.41) is 7.06. The molecule has 26 heavy (non-hydrogen) atoms. The largest absolute Gasteiger partial charge is 0.462 e. The minimum absolute atomic E-state index is 0.280. The van der Waals surface area contributed by atoms with Crippen molar-refractivity contribution in [3.8, 4) is 0 Å². The lowest BCUT2D eigenvalue weighted by molar-refractivity contribution is -0.343. The molecule has 1 saturated carbocycles. The first kappa shape index (κ1) is 16.8. The molecule has 134 valence electrons. The molecule has 0 radical (unpaired) electrons. The molecule has 0 atom stereocenters. The van der Waals surface area contributed by atoms with Crippen molar-refractivity contribution in [1.29, 1.82) is 0 Å². The Morgan fingerprint density at radius 1 is 1.12 bits per heavy atom. The fraction of sp³-hybridized carbons (Fsp3) is 0.364. The predicted molar refractivity (Wildman–Crippen MR) is 104 cm³/mol. The smallest absolute Gasteiger partial charge is 0.346 e. The van der Waals surface area contributed by atoms with Crippen LogP contribution >= 0.6 is 0 Å². The number of aromatic amines is 1. The topological polar surface area (TPSA) is 52.5 Å². The monoisotopic (exact) mass is 349 g/mol. The molecule has 1 heterocycles. The normalized spacial score (nSPS) is 15.3. The summed E-state index contributed by atoms with van der Waals surface area (Å²) >= 11 is 0. The average molecular weight is 349 g/mol. The van der Waals surface area contributed by atoms with Crippen LogP contribution in [0.15, 0.2) is 42.6 Å². The van der Waals surface area contributed by atoms with Crippen molar-refractivity contribution in [1.82, 2.24) is 0 Å². The number of nitrogens with one attached hydrogen (secondary N) is 2. The average Bonchev–Trinajstić information content (AvgIpc) is 2.69. The summed E-state index contributed by atoms with van der Waals surface area (Å²) in [5.74, 6) is -0.280. The molecule has 4 heteroatoms. The summed E-state index contributed by atoms with van der Waals surface area (Å²) in [7, 11) is 0. The van der Waals surface area contributed by atoms with Gasteiger partial charge in [0.1, 0.15) is 5.56 Å². The fourth-order valence-corrected chi connectivity index (χ4v) is 3.97. The van der Waals surface area contributed by atoms with Gasteiger partial charge in [0.15, 0.2) is 6.20 Å². The number of aromatic nitrogens is 1. The van der Waals surface area contributed by atoms with Crippen molar-refractivity contribution >= 4 is 33.3 Å².